The lowest BCUT2D eigenvalue weighted by Crippen LogP contribution is -2.45. The monoisotopic (exact) mass is 426 g/mol. The molecule has 2 aromatic rings. The molecule has 5 nitrogen and oxygen atoms in total. The van der Waals surface area contributed by atoms with E-state index in [1.54, 1.807) is 31.2 Å². The number of urea groups is 1. The highest BCUT2D eigenvalue weighted by molar-refractivity contribution is 7.91. The predicted molar refractivity (Wildman–Crippen MR) is 102 cm³/mol. The molecule has 0 radical (unpaired) electrons. The van der Waals surface area contributed by atoms with E-state index in [1.165, 1.54) is 17.0 Å². The topological polar surface area (TPSA) is 66.5 Å². The number of carbonyl (C=O) groups excluding carboxylic acids is 1. The highest BCUT2D eigenvalue weighted by atomic mass is 32.2. The summed E-state index contributed by atoms with van der Waals surface area (Å²) in [6.45, 7) is 1.99. The molecule has 1 atom stereocenters. The Morgan fingerprint density at radius 1 is 1.14 bits per heavy atom. The largest absolute Gasteiger partial charge is 0.416 e. The number of sulfone groups is 1. The van der Waals surface area contributed by atoms with E-state index in [0.29, 0.717) is 17.5 Å². The van der Waals surface area contributed by atoms with Crippen LogP contribution in [0.15, 0.2) is 53.4 Å². The maximum atomic E-state index is 12.6. The van der Waals surface area contributed by atoms with Crippen LogP contribution >= 0.6 is 0 Å². The van der Waals surface area contributed by atoms with Gasteiger partial charge in [-0.25, -0.2) is 13.2 Å². The Bertz CT molecular complexity index is 989. The first-order valence-corrected chi connectivity index (χ1v) is 10.7. The summed E-state index contributed by atoms with van der Waals surface area (Å²) in [4.78, 5) is 14.3. The Kier molecular flexibility index (Phi) is 5.88. The summed E-state index contributed by atoms with van der Waals surface area (Å²) >= 11 is 0. The van der Waals surface area contributed by atoms with E-state index in [9.17, 15) is 26.4 Å². The minimum absolute atomic E-state index is 0.0653. The molecule has 0 saturated heterocycles. The van der Waals surface area contributed by atoms with E-state index >= 15 is 0 Å². The molecule has 0 fully saturated rings. The van der Waals surface area contributed by atoms with Crippen molar-refractivity contribution >= 4 is 15.9 Å². The second-order valence-corrected chi connectivity index (χ2v) is 9.18. The van der Waals surface area contributed by atoms with Gasteiger partial charge in [0.05, 0.1) is 16.2 Å². The fourth-order valence-electron chi connectivity index (χ4n) is 3.27. The second kappa shape index (κ2) is 8.06. The van der Waals surface area contributed by atoms with Crippen LogP contribution < -0.4 is 5.32 Å². The van der Waals surface area contributed by atoms with Gasteiger partial charge in [-0.1, -0.05) is 30.3 Å². The average Bonchev–Trinajstić information content (AvgIpc) is 2.78. The molecule has 1 unspecified atom stereocenters. The Balaban J connectivity index is 1.64. The normalized spacial score (nSPS) is 17.2. The lowest BCUT2D eigenvalue weighted by molar-refractivity contribution is -0.137. The number of carbonyl (C=O) groups is 1. The summed E-state index contributed by atoms with van der Waals surface area (Å²) in [5, 5.41) is 2.80. The summed E-state index contributed by atoms with van der Waals surface area (Å²) in [6.07, 6.45) is -4.03. The minimum Gasteiger partial charge on any atom is -0.335 e. The SMILES string of the molecule is CC(Cc1ccc(C(F)(F)F)cc1)NC(=O)N1CCS(=O)(=O)c2ccccc2C1. The third-order valence-electron chi connectivity index (χ3n) is 4.78. The predicted octanol–water partition coefficient (Wildman–Crippen LogP) is 3.64. The van der Waals surface area contributed by atoms with E-state index < -0.39 is 27.6 Å². The molecule has 0 aliphatic carbocycles. The Hall–Kier alpha value is -2.55. The molecule has 0 aromatic heterocycles. The van der Waals surface area contributed by atoms with Crippen molar-refractivity contribution in [3.8, 4) is 0 Å². The first-order chi connectivity index (χ1) is 13.6. The summed E-state index contributed by atoms with van der Waals surface area (Å²) in [5.41, 5.74) is 0.507. The molecular weight excluding hydrogens is 405 g/mol. The van der Waals surface area contributed by atoms with Gasteiger partial charge in [0.25, 0.3) is 0 Å². The van der Waals surface area contributed by atoms with Gasteiger partial charge in [0.15, 0.2) is 9.84 Å². The van der Waals surface area contributed by atoms with Crippen LogP contribution in [0.4, 0.5) is 18.0 Å². The molecule has 156 valence electrons. The molecule has 1 aliphatic rings. The van der Waals surface area contributed by atoms with Crippen LogP contribution in [0.3, 0.4) is 0 Å². The van der Waals surface area contributed by atoms with Crippen LogP contribution in [-0.4, -0.2) is 37.7 Å². The fraction of sp³-hybridized carbons (Fsp3) is 0.350. The van der Waals surface area contributed by atoms with Crippen LogP contribution in [0.25, 0.3) is 0 Å². The fourth-order valence-corrected chi connectivity index (χ4v) is 4.77. The van der Waals surface area contributed by atoms with Crippen LogP contribution in [-0.2, 0) is 29.0 Å². The number of nitrogens with one attached hydrogen (secondary N) is 1. The highest BCUT2D eigenvalue weighted by Gasteiger charge is 2.30. The molecule has 0 spiro atoms. The molecule has 29 heavy (non-hydrogen) atoms. The zero-order valence-electron chi connectivity index (χ0n) is 15.7. The summed E-state index contributed by atoms with van der Waals surface area (Å²) in [6, 6.07) is 10.7. The number of fused-ring (bicyclic) bond motifs is 1. The highest BCUT2D eigenvalue weighted by Crippen LogP contribution is 2.29. The lowest BCUT2D eigenvalue weighted by atomic mass is 10.1. The van der Waals surface area contributed by atoms with Crippen molar-refractivity contribution in [1.82, 2.24) is 10.2 Å². The Morgan fingerprint density at radius 2 is 1.79 bits per heavy atom. The van der Waals surface area contributed by atoms with Crippen molar-refractivity contribution in [2.24, 2.45) is 0 Å². The maximum absolute atomic E-state index is 12.6. The lowest BCUT2D eigenvalue weighted by Gasteiger charge is -2.24. The molecule has 0 bridgehead atoms. The van der Waals surface area contributed by atoms with Gasteiger partial charge in [-0.2, -0.15) is 13.2 Å². The van der Waals surface area contributed by atoms with Crippen molar-refractivity contribution in [3.05, 3.63) is 65.2 Å². The number of amides is 2. The number of halogens is 3. The molecule has 9 heteroatoms. The van der Waals surface area contributed by atoms with Crippen molar-refractivity contribution < 1.29 is 26.4 Å². The van der Waals surface area contributed by atoms with Crippen molar-refractivity contribution in [3.63, 3.8) is 0 Å². The third-order valence-corrected chi connectivity index (χ3v) is 6.57. The van der Waals surface area contributed by atoms with Crippen LogP contribution in [0.5, 0.6) is 0 Å². The van der Waals surface area contributed by atoms with E-state index in [4.69, 9.17) is 0 Å². The van der Waals surface area contributed by atoms with Gasteiger partial charge >= 0.3 is 12.2 Å². The van der Waals surface area contributed by atoms with Gasteiger partial charge in [0.1, 0.15) is 0 Å². The number of hydrogen-bond acceptors (Lipinski definition) is 3. The molecule has 2 aromatic carbocycles. The number of hydrogen-bond donors (Lipinski definition) is 1. The van der Waals surface area contributed by atoms with Crippen LogP contribution in [0.2, 0.25) is 0 Å². The number of benzene rings is 2. The average molecular weight is 426 g/mol. The van der Waals surface area contributed by atoms with Gasteiger partial charge in [-0.15, -0.1) is 0 Å². The summed E-state index contributed by atoms with van der Waals surface area (Å²) in [5.74, 6) is -0.162. The zero-order chi connectivity index (χ0) is 21.2. The number of alkyl halides is 3. The van der Waals surface area contributed by atoms with E-state index in [1.807, 2.05) is 0 Å². The van der Waals surface area contributed by atoms with Gasteiger partial charge < -0.3 is 10.2 Å². The van der Waals surface area contributed by atoms with Gasteiger partial charge in [-0.3, -0.25) is 0 Å². The van der Waals surface area contributed by atoms with E-state index in [-0.39, 0.29) is 29.8 Å². The Morgan fingerprint density at radius 3 is 2.45 bits per heavy atom. The standard InChI is InChI=1S/C20H21F3N2O3S/c1-14(12-15-6-8-17(9-7-15)20(21,22)23)24-19(26)25-10-11-29(27,28)18-5-3-2-4-16(18)13-25/h2-9,14H,10-13H2,1H3,(H,24,26). The summed E-state index contributed by atoms with van der Waals surface area (Å²) < 4.78 is 62.7. The zero-order valence-corrected chi connectivity index (χ0v) is 16.6. The van der Waals surface area contributed by atoms with Crippen LogP contribution in [0.1, 0.15) is 23.6 Å². The first kappa shape index (κ1) is 21.2. The van der Waals surface area contributed by atoms with Gasteiger partial charge in [0, 0.05) is 19.1 Å². The second-order valence-electron chi connectivity index (χ2n) is 7.10. The number of rotatable bonds is 3. The van der Waals surface area contributed by atoms with Gasteiger partial charge in [-0.05, 0) is 42.7 Å². The molecule has 3 rings (SSSR count). The Labute approximate surface area is 167 Å². The smallest absolute Gasteiger partial charge is 0.335 e. The van der Waals surface area contributed by atoms with Crippen LogP contribution in [0, 0.1) is 0 Å². The first-order valence-electron chi connectivity index (χ1n) is 9.08. The number of nitrogens with zero attached hydrogens (tertiary/aromatic N) is 1. The quantitative estimate of drug-likeness (QED) is 0.815. The van der Waals surface area contributed by atoms with Crippen molar-refractivity contribution in [2.75, 3.05) is 12.3 Å². The van der Waals surface area contributed by atoms with E-state index in [0.717, 1.165) is 12.1 Å². The summed E-state index contributed by atoms with van der Waals surface area (Å²) in [7, 11) is -3.45. The molecule has 1 N–H and O–H groups in total. The van der Waals surface area contributed by atoms with Crippen molar-refractivity contribution in [1.29, 1.82) is 0 Å². The van der Waals surface area contributed by atoms with Gasteiger partial charge in [0.2, 0.25) is 0 Å². The van der Waals surface area contributed by atoms with Crippen molar-refractivity contribution in [2.45, 2.75) is 37.0 Å². The maximum Gasteiger partial charge on any atom is 0.416 e. The molecule has 0 saturated carbocycles. The molecule has 2 amide bonds. The minimum atomic E-state index is -4.39. The molecule has 1 heterocycles. The van der Waals surface area contributed by atoms with E-state index in [2.05, 4.69) is 5.32 Å². The third kappa shape index (κ3) is 5.09. The molecular formula is C20H21F3N2O3S. The molecule has 1 aliphatic heterocycles.